The van der Waals surface area contributed by atoms with E-state index in [1.165, 1.54) is 24.1 Å². The molecule has 1 saturated heterocycles. The summed E-state index contributed by atoms with van der Waals surface area (Å²) in [6, 6.07) is 7.16. The van der Waals surface area contributed by atoms with E-state index in [9.17, 15) is 0 Å². The Morgan fingerprint density at radius 2 is 2.29 bits per heavy atom. The number of hydrogen-bond acceptors (Lipinski definition) is 3. The lowest BCUT2D eigenvalue weighted by Crippen LogP contribution is -2.51. The molecule has 3 heteroatoms. The Kier molecular flexibility index (Phi) is 2.71. The second kappa shape index (κ2) is 4.22. The molecule has 1 fully saturated rings. The molecule has 2 unspecified atom stereocenters. The fraction of sp³-hybridized carbons (Fsp3) is 0.571. The summed E-state index contributed by atoms with van der Waals surface area (Å²) >= 11 is 0. The highest BCUT2D eigenvalue weighted by Gasteiger charge is 2.33. The Balaban J connectivity index is 1.96. The maximum absolute atomic E-state index is 5.32. The largest absolute Gasteiger partial charge is 0.497 e. The number of nitrogens with one attached hydrogen (secondary N) is 1. The lowest BCUT2D eigenvalue weighted by molar-refractivity contribution is 0.304. The zero-order chi connectivity index (χ0) is 11.8. The first-order valence-corrected chi connectivity index (χ1v) is 6.40. The van der Waals surface area contributed by atoms with E-state index in [0.29, 0.717) is 6.04 Å². The van der Waals surface area contributed by atoms with Crippen LogP contribution in [-0.2, 0) is 6.42 Å². The van der Waals surface area contributed by atoms with Crippen molar-refractivity contribution in [1.29, 1.82) is 0 Å². The summed E-state index contributed by atoms with van der Waals surface area (Å²) in [6.07, 6.45) is 2.43. The molecule has 17 heavy (non-hydrogen) atoms. The molecule has 2 heterocycles. The van der Waals surface area contributed by atoms with Crippen LogP contribution in [0.25, 0.3) is 0 Å². The Labute approximate surface area is 103 Å². The normalized spacial score (nSPS) is 27.3. The van der Waals surface area contributed by atoms with Gasteiger partial charge in [-0.3, -0.25) is 0 Å². The van der Waals surface area contributed by atoms with E-state index in [0.717, 1.165) is 24.8 Å². The van der Waals surface area contributed by atoms with Crippen LogP contribution >= 0.6 is 0 Å². The molecule has 2 atom stereocenters. The molecular weight excluding hydrogens is 212 g/mol. The summed E-state index contributed by atoms with van der Waals surface area (Å²) in [7, 11) is 3.96. The predicted octanol–water partition coefficient (Wildman–Crippen LogP) is 1.67. The zero-order valence-electron chi connectivity index (χ0n) is 10.6. The molecule has 1 aromatic rings. The third-order valence-corrected chi connectivity index (χ3v) is 4.21. The summed E-state index contributed by atoms with van der Waals surface area (Å²) < 4.78 is 5.32. The van der Waals surface area contributed by atoms with Crippen LogP contribution in [0.4, 0.5) is 5.69 Å². The number of piperidine rings is 1. The van der Waals surface area contributed by atoms with Gasteiger partial charge in [-0.25, -0.2) is 0 Å². The van der Waals surface area contributed by atoms with Crippen LogP contribution in [0.15, 0.2) is 18.2 Å². The number of fused-ring (bicyclic) bond motifs is 2. The average Bonchev–Trinajstić information content (AvgIpc) is 2.38. The fourth-order valence-corrected chi connectivity index (χ4v) is 3.28. The molecular formula is C14H20N2O. The van der Waals surface area contributed by atoms with E-state index in [2.05, 4.69) is 35.5 Å². The van der Waals surface area contributed by atoms with E-state index in [4.69, 9.17) is 4.74 Å². The Morgan fingerprint density at radius 3 is 3.12 bits per heavy atom. The molecule has 2 aliphatic rings. The zero-order valence-corrected chi connectivity index (χ0v) is 10.6. The minimum Gasteiger partial charge on any atom is -0.497 e. The number of benzene rings is 1. The van der Waals surface area contributed by atoms with Gasteiger partial charge in [0, 0.05) is 25.3 Å². The van der Waals surface area contributed by atoms with Crippen molar-refractivity contribution in [1.82, 2.24) is 5.32 Å². The molecule has 0 radical (unpaired) electrons. The van der Waals surface area contributed by atoms with Crippen LogP contribution in [0.2, 0.25) is 0 Å². The van der Waals surface area contributed by atoms with Gasteiger partial charge in [-0.05, 0) is 49.1 Å². The van der Waals surface area contributed by atoms with E-state index in [-0.39, 0.29) is 0 Å². The minimum absolute atomic E-state index is 0.706. The number of methoxy groups -OCH3 is 1. The topological polar surface area (TPSA) is 24.5 Å². The minimum atomic E-state index is 0.706. The second-order valence-electron chi connectivity index (χ2n) is 5.13. The number of anilines is 1. The van der Waals surface area contributed by atoms with Crippen molar-refractivity contribution in [2.75, 3.05) is 32.1 Å². The van der Waals surface area contributed by atoms with Crippen molar-refractivity contribution in [3.05, 3.63) is 23.8 Å². The van der Waals surface area contributed by atoms with Crippen LogP contribution in [0.5, 0.6) is 5.75 Å². The van der Waals surface area contributed by atoms with Gasteiger partial charge in [0.15, 0.2) is 0 Å². The summed E-state index contributed by atoms with van der Waals surface area (Å²) in [5.74, 6) is 1.72. The molecule has 0 aliphatic carbocycles. The number of rotatable bonds is 1. The summed E-state index contributed by atoms with van der Waals surface area (Å²) in [5.41, 5.74) is 2.81. The van der Waals surface area contributed by atoms with Crippen molar-refractivity contribution in [2.24, 2.45) is 5.92 Å². The molecule has 92 valence electrons. The first-order valence-electron chi connectivity index (χ1n) is 6.40. The Morgan fingerprint density at radius 1 is 1.41 bits per heavy atom. The van der Waals surface area contributed by atoms with Gasteiger partial charge < -0.3 is 15.0 Å². The van der Waals surface area contributed by atoms with Crippen LogP contribution in [0, 0.1) is 5.92 Å². The standard InChI is InChI=1S/C14H20N2O/c1-16-13-4-3-12(17-2)8-10(13)7-11-9-15-6-5-14(11)16/h3-4,8,11,14-15H,5-7,9H2,1-2H3. The molecule has 0 saturated carbocycles. The molecule has 0 bridgehead atoms. The maximum Gasteiger partial charge on any atom is 0.119 e. The van der Waals surface area contributed by atoms with Gasteiger partial charge in [0.1, 0.15) is 5.75 Å². The number of hydrogen-bond donors (Lipinski definition) is 1. The third kappa shape index (κ3) is 1.78. The molecule has 0 aromatic heterocycles. The van der Waals surface area contributed by atoms with Gasteiger partial charge in [-0.15, -0.1) is 0 Å². The summed E-state index contributed by atoms with van der Waals surface area (Å²) in [4.78, 5) is 2.46. The molecule has 1 N–H and O–H groups in total. The van der Waals surface area contributed by atoms with Crippen molar-refractivity contribution >= 4 is 5.69 Å². The smallest absolute Gasteiger partial charge is 0.119 e. The first-order chi connectivity index (χ1) is 8.29. The predicted molar refractivity (Wildman–Crippen MR) is 69.9 cm³/mol. The van der Waals surface area contributed by atoms with Crippen LogP contribution in [0.1, 0.15) is 12.0 Å². The summed E-state index contributed by atoms with van der Waals surface area (Å²) in [6.45, 7) is 2.29. The van der Waals surface area contributed by atoms with Gasteiger partial charge in [-0.2, -0.15) is 0 Å². The number of nitrogens with zero attached hydrogens (tertiary/aromatic N) is 1. The fourth-order valence-electron chi connectivity index (χ4n) is 3.28. The monoisotopic (exact) mass is 232 g/mol. The second-order valence-corrected chi connectivity index (χ2v) is 5.13. The van der Waals surface area contributed by atoms with E-state index < -0.39 is 0 Å². The Bertz CT molecular complexity index is 419. The van der Waals surface area contributed by atoms with Crippen LogP contribution in [0.3, 0.4) is 0 Å². The maximum atomic E-state index is 5.32. The van der Waals surface area contributed by atoms with Gasteiger partial charge in [-0.1, -0.05) is 0 Å². The van der Waals surface area contributed by atoms with Crippen molar-refractivity contribution < 1.29 is 4.74 Å². The van der Waals surface area contributed by atoms with E-state index >= 15 is 0 Å². The highest BCUT2D eigenvalue weighted by molar-refractivity contribution is 5.59. The third-order valence-electron chi connectivity index (χ3n) is 4.21. The highest BCUT2D eigenvalue weighted by Crippen LogP contribution is 2.36. The van der Waals surface area contributed by atoms with Gasteiger partial charge in [0.05, 0.1) is 7.11 Å². The van der Waals surface area contributed by atoms with E-state index in [1.54, 1.807) is 7.11 Å². The summed E-state index contributed by atoms with van der Waals surface area (Å²) in [5, 5.41) is 3.51. The molecule has 0 amide bonds. The highest BCUT2D eigenvalue weighted by atomic mass is 16.5. The molecule has 1 aromatic carbocycles. The SMILES string of the molecule is COc1ccc2c(c1)CC1CNCCC1N2C. The van der Waals surface area contributed by atoms with Gasteiger partial charge in [0.2, 0.25) is 0 Å². The molecule has 3 nitrogen and oxygen atoms in total. The van der Waals surface area contributed by atoms with Crippen molar-refractivity contribution in [3.63, 3.8) is 0 Å². The van der Waals surface area contributed by atoms with Gasteiger partial charge in [0.25, 0.3) is 0 Å². The molecule has 0 spiro atoms. The quantitative estimate of drug-likeness (QED) is 0.797. The average molecular weight is 232 g/mol. The van der Waals surface area contributed by atoms with Gasteiger partial charge >= 0.3 is 0 Å². The van der Waals surface area contributed by atoms with Crippen molar-refractivity contribution in [2.45, 2.75) is 18.9 Å². The molecule has 3 rings (SSSR count). The van der Waals surface area contributed by atoms with Crippen LogP contribution in [-0.4, -0.2) is 33.3 Å². The van der Waals surface area contributed by atoms with E-state index in [1.807, 2.05) is 0 Å². The van der Waals surface area contributed by atoms with Crippen molar-refractivity contribution in [3.8, 4) is 5.75 Å². The Hall–Kier alpha value is -1.22. The molecule has 2 aliphatic heterocycles. The lowest BCUT2D eigenvalue weighted by Gasteiger charge is -2.44. The lowest BCUT2D eigenvalue weighted by atomic mass is 9.82. The number of ether oxygens (including phenoxy) is 1. The van der Waals surface area contributed by atoms with Crippen LogP contribution < -0.4 is 15.0 Å². The first kappa shape index (κ1) is 10.9.